The molecule has 0 saturated carbocycles. The lowest BCUT2D eigenvalue weighted by Gasteiger charge is -2.26. The van der Waals surface area contributed by atoms with E-state index in [2.05, 4.69) is 68.0 Å². The Labute approximate surface area is 170 Å². The summed E-state index contributed by atoms with van der Waals surface area (Å²) in [5.41, 5.74) is 2.36. The number of aromatic nitrogens is 2. The lowest BCUT2D eigenvalue weighted by molar-refractivity contribution is -0.134. The molecule has 28 heavy (non-hydrogen) atoms. The van der Waals surface area contributed by atoms with Gasteiger partial charge < -0.3 is 10.2 Å². The maximum Gasteiger partial charge on any atom is 0.328 e. The lowest BCUT2D eigenvalue weighted by atomic mass is 10.2. The molecular formula is C20H20BrN3O4. The molecular weight excluding hydrogens is 426 g/mol. The molecule has 0 amide bonds. The number of nitrogens with zero attached hydrogens (tertiary/aromatic N) is 3. The van der Waals surface area contributed by atoms with Gasteiger partial charge in [-0.15, -0.1) is 0 Å². The molecule has 0 atom stereocenters. The van der Waals surface area contributed by atoms with Gasteiger partial charge in [0.25, 0.3) is 0 Å². The minimum absolute atomic E-state index is 0.558. The molecule has 0 aliphatic carbocycles. The number of benzene rings is 1. The Balaban J connectivity index is 0.000000300. The van der Waals surface area contributed by atoms with E-state index in [4.69, 9.17) is 10.2 Å². The van der Waals surface area contributed by atoms with E-state index in [9.17, 15) is 9.59 Å². The normalized spacial score (nSPS) is 10.5. The van der Waals surface area contributed by atoms with Crippen molar-refractivity contribution in [1.82, 2.24) is 9.66 Å². The van der Waals surface area contributed by atoms with E-state index in [1.54, 1.807) is 0 Å². The average Bonchev–Trinajstić information content (AvgIpc) is 3.08. The van der Waals surface area contributed by atoms with Gasteiger partial charge in [0.15, 0.2) is 0 Å². The zero-order valence-corrected chi connectivity index (χ0v) is 16.8. The van der Waals surface area contributed by atoms with Crippen molar-refractivity contribution in [3.8, 4) is 0 Å². The first kappa shape index (κ1) is 21.2. The topological polar surface area (TPSA) is 95.7 Å². The maximum atomic E-state index is 9.55. The van der Waals surface area contributed by atoms with Gasteiger partial charge in [-0.1, -0.05) is 22.9 Å². The molecule has 3 aromatic rings. The van der Waals surface area contributed by atoms with Crippen molar-refractivity contribution in [1.29, 1.82) is 0 Å². The molecule has 2 N–H and O–H groups in total. The number of rotatable bonds is 6. The van der Waals surface area contributed by atoms with Gasteiger partial charge in [0.2, 0.25) is 0 Å². The van der Waals surface area contributed by atoms with Gasteiger partial charge in [-0.05, 0) is 42.8 Å². The summed E-state index contributed by atoms with van der Waals surface area (Å²) in [5, 5.41) is 19.1. The number of hydrogen-bond donors (Lipinski definition) is 2. The average molecular weight is 446 g/mol. The van der Waals surface area contributed by atoms with Gasteiger partial charge in [0, 0.05) is 47.1 Å². The van der Waals surface area contributed by atoms with Crippen LogP contribution in [-0.4, -0.2) is 38.4 Å². The summed E-state index contributed by atoms with van der Waals surface area (Å²) in [5.74, 6) is -2.51. The van der Waals surface area contributed by atoms with E-state index in [-0.39, 0.29) is 0 Å². The van der Waals surface area contributed by atoms with Crippen LogP contribution in [0, 0.1) is 0 Å². The van der Waals surface area contributed by atoms with E-state index in [1.807, 2.05) is 24.5 Å². The van der Waals surface area contributed by atoms with Crippen molar-refractivity contribution < 1.29 is 19.8 Å². The Hall–Kier alpha value is -3.13. The molecule has 0 unspecified atom stereocenters. The minimum atomic E-state index is -1.26. The van der Waals surface area contributed by atoms with Crippen LogP contribution in [0.4, 0.5) is 5.69 Å². The number of halogens is 1. The van der Waals surface area contributed by atoms with E-state index >= 15 is 0 Å². The summed E-state index contributed by atoms with van der Waals surface area (Å²) < 4.78 is 3.31. The van der Waals surface area contributed by atoms with Crippen molar-refractivity contribution in [2.75, 3.05) is 11.6 Å². The van der Waals surface area contributed by atoms with Gasteiger partial charge in [-0.3, -0.25) is 14.7 Å². The zero-order chi connectivity index (χ0) is 20.5. The van der Waals surface area contributed by atoms with Gasteiger partial charge in [0.05, 0.1) is 11.2 Å². The van der Waals surface area contributed by atoms with Crippen molar-refractivity contribution in [2.45, 2.75) is 13.3 Å². The van der Waals surface area contributed by atoms with Crippen LogP contribution in [0.3, 0.4) is 0 Å². The van der Waals surface area contributed by atoms with Gasteiger partial charge >= 0.3 is 11.9 Å². The van der Waals surface area contributed by atoms with Crippen molar-refractivity contribution >= 4 is 44.5 Å². The molecule has 146 valence electrons. The first-order chi connectivity index (χ1) is 13.4. The third kappa shape index (κ3) is 5.95. The number of carbonyl (C=O) groups is 2. The number of aliphatic carboxylic acids is 2. The third-order valence-electron chi connectivity index (χ3n) is 3.66. The summed E-state index contributed by atoms with van der Waals surface area (Å²) in [6, 6.07) is 12.6. The molecule has 3 rings (SSSR count). The lowest BCUT2D eigenvalue weighted by Crippen LogP contribution is -2.29. The first-order valence-corrected chi connectivity index (χ1v) is 9.30. The van der Waals surface area contributed by atoms with Crippen molar-refractivity contribution in [3.63, 3.8) is 0 Å². The number of fused-ring (bicyclic) bond motifs is 1. The summed E-state index contributed by atoms with van der Waals surface area (Å²) in [6.45, 7) is 3.15. The highest BCUT2D eigenvalue weighted by atomic mass is 79.9. The molecule has 0 saturated heterocycles. The molecule has 0 radical (unpaired) electrons. The Kier molecular flexibility index (Phi) is 7.76. The second-order valence-corrected chi connectivity index (χ2v) is 6.62. The summed E-state index contributed by atoms with van der Waals surface area (Å²) in [6.07, 6.45) is 7.98. The predicted molar refractivity (Wildman–Crippen MR) is 111 cm³/mol. The summed E-state index contributed by atoms with van der Waals surface area (Å²) in [4.78, 5) is 23.2. The van der Waals surface area contributed by atoms with Crippen LogP contribution in [0.25, 0.3) is 10.9 Å². The van der Waals surface area contributed by atoms with Gasteiger partial charge in [-0.2, -0.15) is 0 Å². The third-order valence-corrected chi connectivity index (χ3v) is 4.15. The number of hydrogen-bond acceptors (Lipinski definition) is 4. The van der Waals surface area contributed by atoms with Crippen LogP contribution in [0.5, 0.6) is 0 Å². The fraction of sp³-hybridized carbons (Fsp3) is 0.150. The Morgan fingerprint density at radius 2 is 1.75 bits per heavy atom. The zero-order valence-electron chi connectivity index (χ0n) is 15.2. The highest BCUT2D eigenvalue weighted by Gasteiger charge is 2.10. The Morgan fingerprint density at radius 3 is 2.32 bits per heavy atom. The number of carboxylic acid groups (broad SMARTS) is 2. The van der Waals surface area contributed by atoms with E-state index in [0.29, 0.717) is 12.2 Å². The first-order valence-electron chi connectivity index (χ1n) is 8.50. The second kappa shape index (κ2) is 10.3. The van der Waals surface area contributed by atoms with Crippen LogP contribution in [0.15, 0.2) is 71.6 Å². The van der Waals surface area contributed by atoms with Crippen LogP contribution < -0.4 is 5.01 Å². The number of pyridine rings is 1. The largest absolute Gasteiger partial charge is 0.478 e. The van der Waals surface area contributed by atoms with Gasteiger partial charge in [0.1, 0.15) is 0 Å². The summed E-state index contributed by atoms with van der Waals surface area (Å²) in [7, 11) is 0. The predicted octanol–water partition coefficient (Wildman–Crippen LogP) is 4.19. The standard InChI is InChI=1S/C16H16BrN3.C4H4O4/c1-2-10-19(15-5-8-18-9-6-15)20-11-7-13-12-14(17)3-4-16(13)20;5-3(6)1-2-4(7)8/h3-9,11-12H,2,10H2,1H3;1-2H,(H,5,6)(H,7,8). The maximum absolute atomic E-state index is 9.55. The van der Waals surface area contributed by atoms with E-state index < -0.39 is 11.9 Å². The van der Waals surface area contributed by atoms with Crippen LogP contribution in [0.2, 0.25) is 0 Å². The smallest absolute Gasteiger partial charge is 0.328 e. The highest BCUT2D eigenvalue weighted by Crippen LogP contribution is 2.24. The van der Waals surface area contributed by atoms with Gasteiger partial charge in [-0.25, -0.2) is 9.59 Å². The molecule has 2 heterocycles. The van der Waals surface area contributed by atoms with Crippen LogP contribution >= 0.6 is 15.9 Å². The molecule has 8 heteroatoms. The molecule has 0 bridgehead atoms. The molecule has 1 aromatic carbocycles. The summed E-state index contributed by atoms with van der Waals surface area (Å²) >= 11 is 3.52. The van der Waals surface area contributed by atoms with Crippen LogP contribution in [0.1, 0.15) is 13.3 Å². The molecule has 7 nitrogen and oxygen atoms in total. The number of carboxylic acids is 2. The molecule has 0 aliphatic heterocycles. The molecule has 0 fully saturated rings. The Bertz CT molecular complexity index is 954. The molecule has 0 aliphatic rings. The monoisotopic (exact) mass is 445 g/mol. The molecule has 0 spiro atoms. The fourth-order valence-corrected chi connectivity index (χ4v) is 2.92. The quantitative estimate of drug-likeness (QED) is 0.552. The minimum Gasteiger partial charge on any atom is -0.478 e. The fourth-order valence-electron chi connectivity index (χ4n) is 2.54. The van der Waals surface area contributed by atoms with Crippen LogP contribution in [-0.2, 0) is 9.59 Å². The van der Waals surface area contributed by atoms with Crippen molar-refractivity contribution in [3.05, 3.63) is 71.6 Å². The highest BCUT2D eigenvalue weighted by molar-refractivity contribution is 9.10. The molecule has 2 aromatic heterocycles. The SMILES string of the molecule is CCCN(c1ccncc1)n1ccc2cc(Br)ccc21.O=C(O)C=CC(=O)O. The van der Waals surface area contributed by atoms with Crippen molar-refractivity contribution in [2.24, 2.45) is 0 Å². The van der Waals surface area contributed by atoms with E-state index in [0.717, 1.165) is 23.1 Å². The second-order valence-electron chi connectivity index (χ2n) is 5.70. The van der Waals surface area contributed by atoms with E-state index in [1.165, 1.54) is 10.9 Å². The number of anilines is 1. The Morgan fingerprint density at radius 1 is 1.11 bits per heavy atom.